The summed E-state index contributed by atoms with van der Waals surface area (Å²) in [5, 5.41) is 17.8. The molecule has 60 valence electrons. The van der Waals surface area contributed by atoms with E-state index < -0.39 is 11.1 Å². The summed E-state index contributed by atoms with van der Waals surface area (Å²) in [7, 11) is 0. The van der Waals surface area contributed by atoms with Crippen molar-refractivity contribution in [2.24, 2.45) is 0 Å². The molecule has 1 aromatic carbocycles. The maximum Gasteiger partial charge on any atom is 0.190 e. The van der Waals surface area contributed by atoms with Crippen LogP contribution < -0.4 is 0 Å². The summed E-state index contributed by atoms with van der Waals surface area (Å²) in [6, 6.07) is 3.41. The third-order valence-electron chi connectivity index (χ3n) is 1.13. The van der Waals surface area contributed by atoms with Crippen molar-refractivity contribution in [3.63, 3.8) is 0 Å². The van der Waals surface area contributed by atoms with Gasteiger partial charge in [0, 0.05) is 6.07 Å². The molecule has 0 spiro atoms. The van der Waals surface area contributed by atoms with Gasteiger partial charge in [0.2, 0.25) is 0 Å². The first-order valence-corrected chi connectivity index (χ1v) is 3.85. The fourth-order valence-corrected chi connectivity index (χ4v) is 1.11. The molecule has 0 bridgehead atoms. The topological polar surface area (TPSA) is 77.8 Å². The Morgan fingerprint density at radius 2 is 1.91 bits per heavy atom. The second-order valence-electron chi connectivity index (χ2n) is 1.90. The van der Waals surface area contributed by atoms with Gasteiger partial charge in [-0.15, -0.1) is 0 Å². The van der Waals surface area contributed by atoms with Crippen molar-refractivity contribution in [1.82, 2.24) is 0 Å². The highest BCUT2D eigenvalue weighted by atomic mass is 32.2. The van der Waals surface area contributed by atoms with Gasteiger partial charge in [-0.05, 0) is 12.1 Å². The van der Waals surface area contributed by atoms with Gasteiger partial charge in [-0.25, -0.2) is 4.21 Å². The lowest BCUT2D eigenvalue weighted by Gasteiger charge is -1.98. The zero-order valence-corrected chi connectivity index (χ0v) is 6.21. The van der Waals surface area contributed by atoms with Crippen molar-refractivity contribution in [3.05, 3.63) is 18.2 Å². The lowest BCUT2D eigenvalue weighted by Crippen LogP contribution is -1.87. The SMILES string of the molecule is O=S(O)c1cc(O)ccc1O. The Labute approximate surface area is 65.4 Å². The molecule has 1 rings (SSSR count). The maximum absolute atomic E-state index is 10.4. The minimum Gasteiger partial charge on any atom is -0.508 e. The molecule has 11 heavy (non-hydrogen) atoms. The molecular weight excluding hydrogens is 168 g/mol. The Balaban J connectivity index is 3.23. The monoisotopic (exact) mass is 174 g/mol. The number of phenolic OH excluding ortho intramolecular Hbond substituents is 2. The molecule has 0 saturated carbocycles. The highest BCUT2D eigenvalue weighted by Crippen LogP contribution is 2.23. The van der Waals surface area contributed by atoms with Crippen LogP contribution in [-0.2, 0) is 11.1 Å². The van der Waals surface area contributed by atoms with Crippen LogP contribution in [0, 0.1) is 0 Å². The normalized spacial score (nSPS) is 12.8. The Bertz CT molecular complexity index is 297. The van der Waals surface area contributed by atoms with Gasteiger partial charge in [0.1, 0.15) is 16.4 Å². The molecule has 0 radical (unpaired) electrons. The number of hydrogen-bond acceptors (Lipinski definition) is 3. The largest absolute Gasteiger partial charge is 0.508 e. The summed E-state index contributed by atoms with van der Waals surface area (Å²) in [5.74, 6) is -0.455. The number of rotatable bonds is 1. The van der Waals surface area contributed by atoms with E-state index in [9.17, 15) is 4.21 Å². The van der Waals surface area contributed by atoms with Gasteiger partial charge in [-0.3, -0.25) is 0 Å². The quantitative estimate of drug-likeness (QED) is 0.432. The van der Waals surface area contributed by atoms with Crippen molar-refractivity contribution in [1.29, 1.82) is 0 Å². The van der Waals surface area contributed by atoms with Crippen molar-refractivity contribution in [3.8, 4) is 11.5 Å². The Kier molecular flexibility index (Phi) is 2.11. The van der Waals surface area contributed by atoms with E-state index >= 15 is 0 Å². The molecule has 4 nitrogen and oxygen atoms in total. The molecule has 0 fully saturated rings. The molecule has 1 atom stereocenters. The average Bonchev–Trinajstić information content (AvgIpc) is 1.94. The van der Waals surface area contributed by atoms with E-state index in [4.69, 9.17) is 14.8 Å². The third-order valence-corrected chi connectivity index (χ3v) is 1.83. The predicted molar refractivity (Wildman–Crippen MR) is 38.8 cm³/mol. The van der Waals surface area contributed by atoms with Crippen LogP contribution in [0.4, 0.5) is 0 Å². The van der Waals surface area contributed by atoms with Crippen LogP contribution in [0.2, 0.25) is 0 Å². The van der Waals surface area contributed by atoms with Crippen molar-refractivity contribution in [2.45, 2.75) is 4.90 Å². The summed E-state index contributed by atoms with van der Waals surface area (Å²) in [4.78, 5) is -0.190. The second kappa shape index (κ2) is 2.89. The Hall–Kier alpha value is -1.07. The molecule has 0 heterocycles. The van der Waals surface area contributed by atoms with Gasteiger partial charge in [0.25, 0.3) is 0 Å². The Morgan fingerprint density at radius 1 is 1.27 bits per heavy atom. The minimum atomic E-state index is -2.26. The van der Waals surface area contributed by atoms with E-state index in [1.165, 1.54) is 6.07 Å². The number of benzene rings is 1. The molecule has 0 aliphatic carbocycles. The fourth-order valence-electron chi connectivity index (χ4n) is 0.643. The second-order valence-corrected chi connectivity index (χ2v) is 2.84. The summed E-state index contributed by atoms with van der Waals surface area (Å²) >= 11 is -2.26. The van der Waals surface area contributed by atoms with Gasteiger partial charge < -0.3 is 14.8 Å². The van der Waals surface area contributed by atoms with E-state index in [0.717, 1.165) is 12.1 Å². The van der Waals surface area contributed by atoms with Crippen LogP contribution in [0.5, 0.6) is 11.5 Å². The first-order chi connectivity index (χ1) is 5.11. The molecule has 0 aliphatic heterocycles. The highest BCUT2D eigenvalue weighted by molar-refractivity contribution is 7.79. The van der Waals surface area contributed by atoms with E-state index in [2.05, 4.69) is 0 Å². The first-order valence-electron chi connectivity index (χ1n) is 2.74. The average molecular weight is 174 g/mol. The highest BCUT2D eigenvalue weighted by Gasteiger charge is 2.06. The zero-order valence-electron chi connectivity index (χ0n) is 5.39. The molecular formula is C6H6O4S. The van der Waals surface area contributed by atoms with Gasteiger partial charge in [0.15, 0.2) is 11.1 Å². The van der Waals surface area contributed by atoms with Crippen LogP contribution in [0.15, 0.2) is 23.1 Å². The smallest absolute Gasteiger partial charge is 0.190 e. The summed E-state index contributed by atoms with van der Waals surface area (Å²) in [6.07, 6.45) is 0. The number of hydrogen-bond donors (Lipinski definition) is 3. The van der Waals surface area contributed by atoms with Crippen LogP contribution in [-0.4, -0.2) is 19.0 Å². The van der Waals surface area contributed by atoms with E-state index in [1.807, 2.05) is 0 Å². The van der Waals surface area contributed by atoms with Crippen molar-refractivity contribution >= 4 is 11.1 Å². The van der Waals surface area contributed by atoms with Crippen LogP contribution >= 0.6 is 0 Å². The van der Waals surface area contributed by atoms with E-state index in [-0.39, 0.29) is 16.4 Å². The van der Waals surface area contributed by atoms with Gasteiger partial charge in [-0.2, -0.15) is 0 Å². The molecule has 0 aromatic heterocycles. The third kappa shape index (κ3) is 1.69. The fraction of sp³-hybridized carbons (Fsp3) is 0. The molecule has 0 saturated heterocycles. The predicted octanol–water partition coefficient (Wildman–Crippen LogP) is 0.678. The summed E-state index contributed by atoms with van der Waals surface area (Å²) in [5.41, 5.74) is 0. The zero-order chi connectivity index (χ0) is 8.43. The lowest BCUT2D eigenvalue weighted by atomic mass is 10.3. The lowest BCUT2D eigenvalue weighted by molar-refractivity contribution is 0.444. The van der Waals surface area contributed by atoms with Crippen LogP contribution in [0.25, 0.3) is 0 Å². The minimum absolute atomic E-state index is 0.153. The standard InChI is InChI=1S/C6H6O4S/c7-4-1-2-5(8)6(3-4)11(9)10/h1-3,7-8H,(H,9,10). The molecule has 1 unspecified atom stereocenters. The summed E-state index contributed by atoms with van der Waals surface area (Å²) in [6.45, 7) is 0. The van der Waals surface area contributed by atoms with Crippen LogP contribution in [0.3, 0.4) is 0 Å². The first kappa shape index (κ1) is 8.03. The van der Waals surface area contributed by atoms with E-state index in [1.54, 1.807) is 0 Å². The molecule has 5 heteroatoms. The maximum atomic E-state index is 10.4. The van der Waals surface area contributed by atoms with Gasteiger partial charge in [0.05, 0.1) is 0 Å². The molecule has 1 aromatic rings. The molecule has 0 aliphatic rings. The number of phenols is 2. The van der Waals surface area contributed by atoms with Crippen LogP contribution in [0.1, 0.15) is 0 Å². The molecule has 0 amide bonds. The van der Waals surface area contributed by atoms with Gasteiger partial charge >= 0.3 is 0 Å². The van der Waals surface area contributed by atoms with E-state index in [0.29, 0.717) is 0 Å². The van der Waals surface area contributed by atoms with Crippen molar-refractivity contribution in [2.75, 3.05) is 0 Å². The van der Waals surface area contributed by atoms with Gasteiger partial charge in [-0.1, -0.05) is 0 Å². The summed E-state index contributed by atoms with van der Waals surface area (Å²) < 4.78 is 18.9. The molecule has 3 N–H and O–H groups in total. The van der Waals surface area contributed by atoms with Crippen molar-refractivity contribution < 1.29 is 19.0 Å². The number of aromatic hydroxyl groups is 2. The Morgan fingerprint density at radius 3 is 2.36 bits per heavy atom.